The number of fused-ring (bicyclic) bond motifs is 3. The minimum atomic E-state index is -4.75. The molecule has 4 aromatic carbocycles. The molecule has 1 fully saturated rings. The first-order chi connectivity index (χ1) is 24.7. The van der Waals surface area contributed by atoms with Crippen LogP contribution >= 0.6 is 0 Å². The molecule has 1 aromatic heterocycles. The van der Waals surface area contributed by atoms with E-state index in [0.29, 0.717) is 11.4 Å². The topological polar surface area (TPSA) is 71.5 Å². The van der Waals surface area contributed by atoms with E-state index in [1.807, 2.05) is 91.8 Å². The first-order valence-electron chi connectivity index (χ1n) is 17.6. The molecule has 6 nitrogen and oxygen atoms in total. The highest BCUT2D eigenvalue weighted by Crippen LogP contribution is 2.44. The summed E-state index contributed by atoms with van der Waals surface area (Å²) in [7, 11) is 0. The third-order valence-electron chi connectivity index (χ3n) is 9.79. The van der Waals surface area contributed by atoms with Crippen molar-refractivity contribution in [2.24, 2.45) is 5.10 Å². The highest BCUT2D eigenvalue weighted by Gasteiger charge is 2.44. The summed E-state index contributed by atoms with van der Waals surface area (Å²) in [6.07, 6.45) is -9.50. The Bertz CT molecular complexity index is 2080. The smallest absolute Gasteiger partial charge is 0.281 e. The van der Waals surface area contributed by atoms with Crippen LogP contribution < -0.4 is 9.80 Å². The lowest BCUT2D eigenvalue weighted by Crippen LogP contribution is -2.38. The number of alkyl halides is 6. The minimum Gasteiger partial charge on any atom is -0.281 e. The van der Waals surface area contributed by atoms with Crippen LogP contribution in [-0.4, -0.2) is 22.3 Å². The SMILES string of the molecule is CC(C)c1cccc(C(C)C)c1N1C(=N)C(=N)N(c2c(C(C)C)cccc2C(C)C)C1=Nn1c2ccc(C(F)(F)F)cc2c2cc(C(F)(F)F)ccc21. The van der Waals surface area contributed by atoms with Gasteiger partial charge in [0.15, 0.2) is 11.7 Å². The molecule has 278 valence electrons. The third-order valence-corrected chi connectivity index (χ3v) is 9.79. The van der Waals surface area contributed by atoms with Crippen molar-refractivity contribution >= 4 is 50.8 Å². The normalized spacial score (nSPS) is 14.5. The minimum absolute atomic E-state index is 0.0232. The van der Waals surface area contributed by atoms with E-state index in [0.717, 1.165) is 46.5 Å². The molecule has 0 amide bonds. The summed E-state index contributed by atoms with van der Waals surface area (Å²) in [6.45, 7) is 16.2. The number of guanidine groups is 1. The lowest BCUT2D eigenvalue weighted by molar-refractivity contribution is -0.138. The largest absolute Gasteiger partial charge is 0.416 e. The van der Waals surface area contributed by atoms with Gasteiger partial charge in [0.1, 0.15) is 0 Å². The summed E-state index contributed by atoms with van der Waals surface area (Å²) >= 11 is 0. The quantitative estimate of drug-likeness (QED) is 0.164. The molecule has 2 heterocycles. The maximum Gasteiger partial charge on any atom is 0.416 e. The zero-order valence-corrected chi connectivity index (χ0v) is 30.8. The molecule has 12 heteroatoms. The predicted octanol–water partition coefficient (Wildman–Crippen LogP) is 12.4. The Morgan fingerprint density at radius 3 is 1.11 bits per heavy atom. The Morgan fingerprint density at radius 1 is 0.509 bits per heavy atom. The second kappa shape index (κ2) is 13.4. The van der Waals surface area contributed by atoms with Gasteiger partial charge in [-0.3, -0.25) is 20.6 Å². The molecular weight excluding hydrogens is 690 g/mol. The van der Waals surface area contributed by atoms with Crippen molar-refractivity contribution in [2.45, 2.75) is 91.4 Å². The Labute approximate surface area is 304 Å². The van der Waals surface area contributed by atoms with Crippen LogP contribution in [0.4, 0.5) is 37.7 Å². The molecule has 1 saturated heterocycles. The summed E-state index contributed by atoms with van der Waals surface area (Å²) < 4.78 is 85.5. The van der Waals surface area contributed by atoms with E-state index in [1.165, 1.54) is 16.8 Å². The summed E-state index contributed by atoms with van der Waals surface area (Å²) in [4.78, 5) is 3.22. The van der Waals surface area contributed by atoms with Crippen LogP contribution in [0.25, 0.3) is 21.8 Å². The first kappa shape index (κ1) is 37.6. The van der Waals surface area contributed by atoms with Gasteiger partial charge in [-0.2, -0.15) is 26.3 Å². The fourth-order valence-corrected chi connectivity index (χ4v) is 7.12. The second-order valence-electron chi connectivity index (χ2n) is 14.7. The van der Waals surface area contributed by atoms with Crippen molar-refractivity contribution in [2.75, 3.05) is 9.80 Å². The van der Waals surface area contributed by atoms with Crippen molar-refractivity contribution in [3.05, 3.63) is 106 Å². The number of rotatable bonds is 7. The van der Waals surface area contributed by atoms with Gasteiger partial charge in [0.05, 0.1) is 33.5 Å². The van der Waals surface area contributed by atoms with E-state index in [9.17, 15) is 37.2 Å². The molecule has 53 heavy (non-hydrogen) atoms. The van der Waals surface area contributed by atoms with Crippen LogP contribution in [-0.2, 0) is 12.4 Å². The van der Waals surface area contributed by atoms with E-state index in [-0.39, 0.29) is 63.1 Å². The summed E-state index contributed by atoms with van der Waals surface area (Å²) in [6, 6.07) is 17.6. The average molecular weight is 733 g/mol. The zero-order chi connectivity index (χ0) is 38.9. The Hall–Kier alpha value is -5.13. The van der Waals surface area contributed by atoms with Gasteiger partial charge >= 0.3 is 12.4 Å². The second-order valence-corrected chi connectivity index (χ2v) is 14.7. The van der Waals surface area contributed by atoms with E-state index in [1.54, 1.807) is 9.80 Å². The molecule has 0 unspecified atom stereocenters. The number of anilines is 2. The maximum absolute atomic E-state index is 14.0. The lowest BCUT2D eigenvalue weighted by Gasteiger charge is -2.30. The van der Waals surface area contributed by atoms with Crippen molar-refractivity contribution < 1.29 is 26.3 Å². The van der Waals surface area contributed by atoms with Crippen LogP contribution in [0.15, 0.2) is 77.9 Å². The third kappa shape index (κ3) is 6.46. The molecule has 0 radical (unpaired) electrons. The van der Waals surface area contributed by atoms with E-state index >= 15 is 0 Å². The Morgan fingerprint density at radius 2 is 0.830 bits per heavy atom. The molecule has 0 aliphatic carbocycles. The Balaban J connectivity index is 1.80. The van der Waals surface area contributed by atoms with Gasteiger partial charge < -0.3 is 0 Å². The molecule has 0 atom stereocenters. The van der Waals surface area contributed by atoms with Crippen LogP contribution in [0, 0.1) is 10.8 Å². The first-order valence-corrected chi connectivity index (χ1v) is 17.6. The maximum atomic E-state index is 14.0. The van der Waals surface area contributed by atoms with Crippen LogP contribution in [0.1, 0.15) is 112 Å². The van der Waals surface area contributed by atoms with Crippen molar-refractivity contribution in [3.8, 4) is 0 Å². The summed E-state index contributed by atoms with van der Waals surface area (Å²) in [5, 5.41) is 24.1. The zero-order valence-electron chi connectivity index (χ0n) is 30.8. The summed E-state index contributed by atoms with van der Waals surface area (Å²) in [5.74, 6) is -0.341. The number of aromatic nitrogens is 1. The summed E-state index contributed by atoms with van der Waals surface area (Å²) in [5.41, 5.74) is 3.09. The Kier molecular flexibility index (Phi) is 9.49. The van der Waals surface area contributed by atoms with Crippen molar-refractivity contribution in [1.82, 2.24) is 4.68 Å². The van der Waals surface area contributed by atoms with Crippen LogP contribution in [0.5, 0.6) is 0 Å². The van der Waals surface area contributed by atoms with Gasteiger partial charge in [-0.25, -0.2) is 4.68 Å². The van der Waals surface area contributed by atoms with Crippen molar-refractivity contribution in [1.29, 1.82) is 10.8 Å². The fourth-order valence-electron chi connectivity index (χ4n) is 7.12. The number of para-hydroxylation sites is 2. The molecule has 0 saturated carbocycles. The molecule has 1 aliphatic rings. The van der Waals surface area contributed by atoms with Crippen LogP contribution in [0.3, 0.4) is 0 Å². The number of benzene rings is 4. The number of nitrogens with zero attached hydrogens (tertiary/aromatic N) is 4. The van der Waals surface area contributed by atoms with E-state index in [2.05, 4.69) is 0 Å². The van der Waals surface area contributed by atoms with E-state index in [4.69, 9.17) is 5.10 Å². The highest BCUT2D eigenvalue weighted by molar-refractivity contribution is 6.63. The molecule has 1 aliphatic heterocycles. The number of hydrogen-bond donors (Lipinski definition) is 2. The molecule has 0 spiro atoms. The number of halogens is 6. The number of hydrogen-bond acceptors (Lipinski definition) is 3. The average Bonchev–Trinajstić information content (AvgIpc) is 3.51. The standard InChI is InChI=1S/C41H42F6N6/c1-21(2)27-11-9-12-28(22(3)4)35(27)51-37(48)38(49)52(36-29(23(5)6)13-10-14-30(36)24(7)8)39(51)50-53-33-17-15-25(40(42,43)44)19-31(33)32-20-26(41(45,46)47)16-18-34(32)53/h9-24,48-49H,1-8H3. The highest BCUT2D eigenvalue weighted by atomic mass is 19.4. The van der Waals surface area contributed by atoms with Gasteiger partial charge in [0.2, 0.25) is 5.96 Å². The van der Waals surface area contributed by atoms with Crippen molar-refractivity contribution in [3.63, 3.8) is 0 Å². The fraction of sp³-hybridized carbons (Fsp3) is 0.341. The van der Waals surface area contributed by atoms with Gasteiger partial charge in [-0.15, -0.1) is 5.10 Å². The molecular formula is C41H42F6N6. The molecule has 6 rings (SSSR count). The number of nitrogens with one attached hydrogen (secondary N) is 2. The monoisotopic (exact) mass is 732 g/mol. The van der Waals surface area contributed by atoms with Gasteiger partial charge in [0.25, 0.3) is 0 Å². The van der Waals surface area contributed by atoms with Crippen LogP contribution in [0.2, 0.25) is 0 Å². The molecule has 0 bridgehead atoms. The number of amidine groups is 2. The lowest BCUT2D eigenvalue weighted by atomic mass is 9.91. The van der Waals surface area contributed by atoms with Gasteiger partial charge in [-0.05, 0) is 82.3 Å². The van der Waals surface area contributed by atoms with Gasteiger partial charge in [-0.1, -0.05) is 91.8 Å². The molecule has 2 N–H and O–H groups in total. The predicted molar refractivity (Wildman–Crippen MR) is 202 cm³/mol. The van der Waals surface area contributed by atoms with Gasteiger partial charge in [0, 0.05) is 10.8 Å². The molecule has 5 aromatic rings. The van der Waals surface area contributed by atoms with E-state index < -0.39 is 23.5 Å².